The van der Waals surface area contributed by atoms with E-state index < -0.39 is 5.82 Å². The maximum Gasteiger partial charge on any atom is 0.164 e. The van der Waals surface area contributed by atoms with Crippen LogP contribution in [0.3, 0.4) is 0 Å². The molecule has 1 atom stereocenters. The number of carbonyl (C=O) groups is 1. The van der Waals surface area contributed by atoms with Crippen LogP contribution in [0.15, 0.2) is 12.1 Å². The van der Waals surface area contributed by atoms with Crippen LogP contribution < -0.4 is 9.47 Å². The first kappa shape index (κ1) is 12.5. The van der Waals surface area contributed by atoms with Crippen LogP contribution in [0.5, 0.6) is 11.5 Å². The lowest BCUT2D eigenvalue weighted by Crippen LogP contribution is -2.01. The highest BCUT2D eigenvalue weighted by molar-refractivity contribution is 5.55. The Morgan fingerprint density at radius 2 is 2.06 bits per heavy atom. The molecule has 0 aliphatic heterocycles. The molecule has 0 bridgehead atoms. The van der Waals surface area contributed by atoms with Gasteiger partial charge >= 0.3 is 0 Å². The fourth-order valence-electron chi connectivity index (χ4n) is 1.60. The van der Waals surface area contributed by atoms with Crippen molar-refractivity contribution in [3.63, 3.8) is 0 Å². The summed E-state index contributed by atoms with van der Waals surface area (Å²) in [5, 5.41) is 0. The number of aldehydes is 1. The highest BCUT2D eigenvalue weighted by Crippen LogP contribution is 2.37. The average molecular weight is 226 g/mol. The highest BCUT2D eigenvalue weighted by atomic mass is 19.1. The van der Waals surface area contributed by atoms with Crippen molar-refractivity contribution in [2.24, 2.45) is 0 Å². The largest absolute Gasteiger partial charge is 0.493 e. The molecule has 0 heterocycles. The lowest BCUT2D eigenvalue weighted by atomic mass is 9.97. The molecule has 0 radical (unpaired) electrons. The van der Waals surface area contributed by atoms with Crippen molar-refractivity contribution in [1.29, 1.82) is 0 Å². The first-order valence-electron chi connectivity index (χ1n) is 4.99. The predicted octanol–water partition coefficient (Wildman–Crippen LogP) is 2.54. The third-order valence-corrected chi connectivity index (χ3v) is 2.45. The van der Waals surface area contributed by atoms with Gasteiger partial charge in [-0.2, -0.15) is 0 Å². The van der Waals surface area contributed by atoms with Crippen LogP contribution in [0.2, 0.25) is 0 Å². The zero-order chi connectivity index (χ0) is 12.1. The summed E-state index contributed by atoms with van der Waals surface area (Å²) in [5.74, 6) is 0.330. The van der Waals surface area contributed by atoms with E-state index in [2.05, 4.69) is 0 Å². The van der Waals surface area contributed by atoms with Crippen molar-refractivity contribution in [3.05, 3.63) is 23.5 Å². The Kier molecular flexibility index (Phi) is 4.28. The van der Waals surface area contributed by atoms with Gasteiger partial charge in [0.05, 0.1) is 14.2 Å². The number of ether oxygens (including phenoxy) is 2. The molecule has 0 saturated heterocycles. The SMILES string of the molecule is COc1cc(F)cc(C(C)CC=O)c1OC. The molecule has 0 N–H and O–H groups in total. The van der Waals surface area contributed by atoms with Gasteiger partial charge < -0.3 is 14.3 Å². The molecule has 88 valence electrons. The van der Waals surface area contributed by atoms with Crippen LogP contribution in [0, 0.1) is 5.82 Å². The molecule has 3 nitrogen and oxygen atoms in total. The van der Waals surface area contributed by atoms with Gasteiger partial charge in [-0.1, -0.05) is 6.92 Å². The predicted molar refractivity (Wildman–Crippen MR) is 58.6 cm³/mol. The van der Waals surface area contributed by atoms with E-state index in [9.17, 15) is 9.18 Å². The summed E-state index contributed by atoms with van der Waals surface area (Å²) >= 11 is 0. The Hall–Kier alpha value is -1.58. The smallest absolute Gasteiger partial charge is 0.164 e. The molecule has 0 amide bonds. The third kappa shape index (κ3) is 2.51. The molecule has 0 saturated carbocycles. The minimum atomic E-state index is -0.398. The minimum Gasteiger partial charge on any atom is -0.493 e. The molecule has 0 aliphatic carbocycles. The van der Waals surface area contributed by atoms with Crippen molar-refractivity contribution >= 4 is 6.29 Å². The maximum atomic E-state index is 13.3. The molecule has 0 aromatic heterocycles. The van der Waals surface area contributed by atoms with Gasteiger partial charge in [0, 0.05) is 18.1 Å². The van der Waals surface area contributed by atoms with Crippen molar-refractivity contribution < 1.29 is 18.7 Å². The van der Waals surface area contributed by atoms with Gasteiger partial charge in [0.2, 0.25) is 0 Å². The van der Waals surface area contributed by atoms with Crippen LogP contribution in [0.4, 0.5) is 4.39 Å². The number of methoxy groups -OCH3 is 2. The van der Waals surface area contributed by atoms with E-state index in [1.165, 1.54) is 26.4 Å². The maximum absolute atomic E-state index is 13.3. The van der Waals surface area contributed by atoms with Crippen molar-refractivity contribution in [2.75, 3.05) is 14.2 Å². The van der Waals surface area contributed by atoms with Gasteiger partial charge in [0.25, 0.3) is 0 Å². The Bertz CT molecular complexity index is 377. The number of benzene rings is 1. The fourth-order valence-corrected chi connectivity index (χ4v) is 1.60. The van der Waals surface area contributed by atoms with Crippen LogP contribution in [0.25, 0.3) is 0 Å². The van der Waals surface area contributed by atoms with Crippen molar-refractivity contribution in [2.45, 2.75) is 19.3 Å². The molecule has 4 heteroatoms. The first-order valence-corrected chi connectivity index (χ1v) is 4.99. The highest BCUT2D eigenvalue weighted by Gasteiger charge is 2.17. The Balaban J connectivity index is 3.24. The van der Waals surface area contributed by atoms with E-state index >= 15 is 0 Å². The van der Waals surface area contributed by atoms with Gasteiger partial charge in [-0.05, 0) is 12.0 Å². The van der Waals surface area contributed by atoms with Gasteiger partial charge in [0.15, 0.2) is 11.5 Å². The summed E-state index contributed by atoms with van der Waals surface area (Å²) in [7, 11) is 2.94. The molecule has 1 aromatic rings. The summed E-state index contributed by atoms with van der Waals surface area (Å²) in [5.41, 5.74) is 0.645. The van der Waals surface area contributed by atoms with Gasteiger partial charge in [-0.25, -0.2) is 4.39 Å². The quantitative estimate of drug-likeness (QED) is 0.724. The summed E-state index contributed by atoms with van der Waals surface area (Å²) in [6.07, 6.45) is 1.13. The van der Waals surface area contributed by atoms with E-state index in [0.29, 0.717) is 23.5 Å². The van der Waals surface area contributed by atoms with Crippen LogP contribution in [-0.4, -0.2) is 20.5 Å². The van der Waals surface area contributed by atoms with Gasteiger partial charge in [0.1, 0.15) is 12.1 Å². The number of hydrogen-bond donors (Lipinski definition) is 0. The molecule has 1 unspecified atom stereocenters. The van der Waals surface area contributed by atoms with E-state index in [4.69, 9.17) is 9.47 Å². The fraction of sp³-hybridized carbons (Fsp3) is 0.417. The van der Waals surface area contributed by atoms with E-state index in [1.807, 2.05) is 6.92 Å². The normalized spacial score (nSPS) is 12.0. The second-order valence-electron chi connectivity index (χ2n) is 3.53. The summed E-state index contributed by atoms with van der Waals surface area (Å²) in [6, 6.07) is 2.63. The lowest BCUT2D eigenvalue weighted by Gasteiger charge is -2.16. The second kappa shape index (κ2) is 5.49. The van der Waals surface area contributed by atoms with Gasteiger partial charge in [-0.15, -0.1) is 0 Å². The monoisotopic (exact) mass is 226 g/mol. The van der Waals surface area contributed by atoms with Crippen molar-refractivity contribution in [3.8, 4) is 11.5 Å². The molecule has 0 fully saturated rings. The molecule has 1 rings (SSSR count). The first-order chi connectivity index (χ1) is 7.63. The second-order valence-corrected chi connectivity index (χ2v) is 3.53. The summed E-state index contributed by atoms with van der Waals surface area (Å²) < 4.78 is 23.5. The summed E-state index contributed by atoms with van der Waals surface area (Å²) in [6.45, 7) is 1.84. The Morgan fingerprint density at radius 1 is 1.38 bits per heavy atom. The average Bonchev–Trinajstić information content (AvgIpc) is 2.28. The van der Waals surface area contributed by atoms with E-state index in [1.54, 1.807) is 0 Å². The van der Waals surface area contributed by atoms with E-state index in [-0.39, 0.29) is 5.92 Å². The molecular formula is C12H15FO3. The Morgan fingerprint density at radius 3 is 2.56 bits per heavy atom. The number of carbonyl (C=O) groups excluding carboxylic acids is 1. The van der Waals surface area contributed by atoms with Crippen LogP contribution in [0.1, 0.15) is 24.8 Å². The number of rotatable bonds is 5. The number of halogens is 1. The zero-order valence-electron chi connectivity index (χ0n) is 9.62. The zero-order valence-corrected chi connectivity index (χ0v) is 9.62. The number of hydrogen-bond acceptors (Lipinski definition) is 3. The van der Waals surface area contributed by atoms with E-state index in [0.717, 1.165) is 6.29 Å². The molecule has 0 spiro atoms. The molecule has 16 heavy (non-hydrogen) atoms. The van der Waals surface area contributed by atoms with Gasteiger partial charge in [-0.3, -0.25) is 0 Å². The lowest BCUT2D eigenvalue weighted by molar-refractivity contribution is -0.108. The molecule has 1 aromatic carbocycles. The van der Waals surface area contributed by atoms with Crippen LogP contribution >= 0.6 is 0 Å². The minimum absolute atomic E-state index is 0.1000. The standard InChI is InChI=1S/C12H15FO3/c1-8(4-5-14)10-6-9(13)7-11(15-2)12(10)16-3/h5-8H,4H2,1-3H3. The molecular weight excluding hydrogens is 211 g/mol. The third-order valence-electron chi connectivity index (χ3n) is 2.45. The topological polar surface area (TPSA) is 35.5 Å². The van der Waals surface area contributed by atoms with Crippen molar-refractivity contribution in [1.82, 2.24) is 0 Å². The van der Waals surface area contributed by atoms with Crippen LogP contribution in [-0.2, 0) is 4.79 Å². The Labute approximate surface area is 94.2 Å². The molecule has 0 aliphatic rings. The summed E-state index contributed by atoms with van der Waals surface area (Å²) in [4.78, 5) is 10.5.